The molecule has 2 fully saturated rings. The fraction of sp³-hybridized carbons (Fsp3) is 0.741. The number of epoxide rings is 1. The molecule has 8 nitrogen and oxygen atoms in total. The number of esters is 1. The van der Waals surface area contributed by atoms with Crippen molar-refractivity contribution in [1.29, 1.82) is 0 Å². The molecule has 3 rings (SSSR count). The molecule has 0 aliphatic carbocycles. The lowest BCUT2D eigenvalue weighted by molar-refractivity contribution is -0.160. The number of Topliss-reactive ketones (excluding diaryl/α,β-unsaturated/α-hetero) is 1. The largest absolute Gasteiger partial charge is 0.456 e. The predicted molar refractivity (Wildman–Crippen MR) is 137 cm³/mol. The van der Waals surface area contributed by atoms with E-state index >= 15 is 0 Å². The van der Waals surface area contributed by atoms with Gasteiger partial charge in [-0.05, 0) is 51.2 Å². The van der Waals surface area contributed by atoms with Crippen LogP contribution in [0.2, 0.25) is 0 Å². The topological polar surface area (TPSA) is 129 Å². The number of carbonyl (C=O) groups is 2. The van der Waals surface area contributed by atoms with Crippen LogP contribution in [0.3, 0.4) is 0 Å². The van der Waals surface area contributed by atoms with Gasteiger partial charge in [-0.25, -0.2) is 4.98 Å². The maximum atomic E-state index is 13.2. The Hall–Kier alpha value is -1.65. The van der Waals surface area contributed by atoms with Gasteiger partial charge in [0.1, 0.15) is 18.0 Å². The fourth-order valence-corrected chi connectivity index (χ4v) is 5.72. The number of cyclic esters (lactones) is 1. The summed E-state index contributed by atoms with van der Waals surface area (Å²) in [6.45, 7) is 12.3. The molecule has 3 heterocycles. The molecule has 0 aromatic carbocycles. The minimum Gasteiger partial charge on any atom is -0.456 e. The molecule has 1 aromatic heterocycles. The van der Waals surface area contributed by atoms with E-state index in [4.69, 9.17) is 9.47 Å². The van der Waals surface area contributed by atoms with Gasteiger partial charge in [-0.2, -0.15) is 0 Å². The lowest BCUT2D eigenvalue weighted by Gasteiger charge is -2.34. The van der Waals surface area contributed by atoms with Crippen molar-refractivity contribution in [2.45, 2.75) is 110 Å². The number of hydrogen-bond acceptors (Lipinski definition) is 9. The number of rotatable bonds is 3. The Morgan fingerprint density at radius 3 is 2.53 bits per heavy atom. The number of aromatic nitrogens is 1. The molecule has 0 radical (unpaired) electrons. The SMILES string of the molecule is C/C(=C\c1csc(C)n1)C(O)C1OC(=O)CC(O)C(C)(C)C(=O)C(C)C(O)C(C)CCCC2(C)OC12. The van der Waals surface area contributed by atoms with Crippen molar-refractivity contribution in [2.75, 3.05) is 0 Å². The summed E-state index contributed by atoms with van der Waals surface area (Å²) in [7, 11) is 0. The number of thiazole rings is 1. The molecule has 8 atom stereocenters. The molecular formula is C27H41NO7S. The predicted octanol–water partition coefficient (Wildman–Crippen LogP) is 3.45. The van der Waals surface area contributed by atoms with Gasteiger partial charge in [0.05, 0.1) is 40.3 Å². The number of ether oxygens (including phenoxy) is 2. The normalized spacial score (nSPS) is 37.3. The standard InChI is InChI=1S/C27H41NO7S/c1-14-9-8-10-27(7)25(35-27)23(22(32)15(2)11-18-13-36-17(4)28-18)34-20(30)12-19(29)26(5,6)24(33)16(3)21(14)31/h11,13-14,16,19,21-23,25,29,31-32H,8-10,12H2,1-7H3/b15-11+. The summed E-state index contributed by atoms with van der Waals surface area (Å²) in [5.41, 5.74) is -0.561. The molecule has 0 bridgehead atoms. The summed E-state index contributed by atoms with van der Waals surface area (Å²) >= 11 is 1.50. The summed E-state index contributed by atoms with van der Waals surface area (Å²) in [6.07, 6.45) is -1.39. The van der Waals surface area contributed by atoms with E-state index in [1.165, 1.54) is 11.3 Å². The van der Waals surface area contributed by atoms with Crippen LogP contribution in [-0.2, 0) is 19.1 Å². The number of carbonyl (C=O) groups excluding carboxylic acids is 2. The van der Waals surface area contributed by atoms with Crippen molar-refractivity contribution in [2.24, 2.45) is 17.3 Å². The molecule has 3 N–H and O–H groups in total. The quantitative estimate of drug-likeness (QED) is 0.406. The van der Waals surface area contributed by atoms with Crippen molar-refractivity contribution >= 4 is 29.2 Å². The molecule has 202 valence electrons. The third-order valence-electron chi connectivity index (χ3n) is 7.97. The molecule has 0 saturated carbocycles. The monoisotopic (exact) mass is 523 g/mol. The van der Waals surface area contributed by atoms with Crippen LogP contribution in [0.4, 0.5) is 0 Å². The Labute approximate surface area is 217 Å². The second-order valence-electron chi connectivity index (χ2n) is 11.4. The Morgan fingerprint density at radius 2 is 1.92 bits per heavy atom. The van der Waals surface area contributed by atoms with Crippen molar-refractivity contribution < 1.29 is 34.4 Å². The Bertz CT molecular complexity index is 989. The van der Waals surface area contributed by atoms with Crippen molar-refractivity contribution in [3.05, 3.63) is 21.7 Å². The zero-order chi connectivity index (χ0) is 27.0. The maximum Gasteiger partial charge on any atom is 0.308 e. The van der Waals surface area contributed by atoms with Crippen molar-refractivity contribution in [3.63, 3.8) is 0 Å². The number of aliphatic hydroxyl groups excluding tert-OH is 3. The second-order valence-corrected chi connectivity index (χ2v) is 12.4. The minimum atomic E-state index is -1.31. The fourth-order valence-electron chi connectivity index (χ4n) is 5.15. The van der Waals surface area contributed by atoms with E-state index in [-0.39, 0.29) is 11.7 Å². The van der Waals surface area contributed by atoms with Crippen LogP contribution in [0.5, 0.6) is 0 Å². The molecular weight excluding hydrogens is 482 g/mol. The smallest absolute Gasteiger partial charge is 0.308 e. The van der Waals surface area contributed by atoms with E-state index in [1.54, 1.807) is 33.8 Å². The maximum absolute atomic E-state index is 13.2. The van der Waals surface area contributed by atoms with Gasteiger partial charge >= 0.3 is 5.97 Å². The number of hydrogen-bond donors (Lipinski definition) is 3. The van der Waals surface area contributed by atoms with E-state index in [0.717, 1.165) is 11.4 Å². The number of aryl methyl sites for hydroxylation is 1. The van der Waals surface area contributed by atoms with Gasteiger partial charge in [0.2, 0.25) is 0 Å². The van der Waals surface area contributed by atoms with Gasteiger partial charge in [0, 0.05) is 11.3 Å². The number of nitrogens with zero attached hydrogens (tertiary/aromatic N) is 1. The molecule has 1 aromatic rings. The summed E-state index contributed by atoms with van der Waals surface area (Å²) in [5, 5.41) is 35.7. The second kappa shape index (κ2) is 11.0. The van der Waals surface area contributed by atoms with E-state index < -0.39 is 59.8 Å². The number of ketones is 1. The summed E-state index contributed by atoms with van der Waals surface area (Å²) < 4.78 is 11.7. The van der Waals surface area contributed by atoms with Crippen molar-refractivity contribution in [3.8, 4) is 0 Å². The zero-order valence-electron chi connectivity index (χ0n) is 22.4. The highest BCUT2D eigenvalue weighted by atomic mass is 32.1. The average Bonchev–Trinajstić information content (AvgIpc) is 3.30. The molecule has 8 unspecified atom stereocenters. The molecule has 2 aliphatic rings. The van der Waals surface area contributed by atoms with Gasteiger partial charge in [-0.3, -0.25) is 9.59 Å². The first kappa shape index (κ1) is 28.9. The molecule has 0 amide bonds. The van der Waals surface area contributed by atoms with E-state index in [9.17, 15) is 24.9 Å². The lowest BCUT2D eigenvalue weighted by atomic mass is 9.73. The first-order valence-corrected chi connectivity index (χ1v) is 13.6. The van der Waals surface area contributed by atoms with Crippen LogP contribution in [0.15, 0.2) is 11.0 Å². The first-order valence-electron chi connectivity index (χ1n) is 12.7. The summed E-state index contributed by atoms with van der Waals surface area (Å²) in [6, 6.07) is 0. The summed E-state index contributed by atoms with van der Waals surface area (Å²) in [4.78, 5) is 30.5. The van der Waals surface area contributed by atoms with Crippen molar-refractivity contribution in [1.82, 2.24) is 4.98 Å². The van der Waals surface area contributed by atoms with Gasteiger partial charge < -0.3 is 24.8 Å². The summed E-state index contributed by atoms with van der Waals surface area (Å²) in [5.74, 6) is -1.85. The third kappa shape index (κ3) is 6.25. The van der Waals surface area contributed by atoms with E-state index in [1.807, 2.05) is 26.2 Å². The Kier molecular flexibility index (Phi) is 8.83. The van der Waals surface area contributed by atoms with Crippen LogP contribution in [0.1, 0.15) is 77.9 Å². The van der Waals surface area contributed by atoms with Crippen LogP contribution < -0.4 is 0 Å². The van der Waals surface area contributed by atoms with Crippen LogP contribution >= 0.6 is 11.3 Å². The van der Waals surface area contributed by atoms with E-state index in [0.29, 0.717) is 24.1 Å². The Balaban J connectivity index is 1.88. The molecule has 2 aliphatic heterocycles. The Morgan fingerprint density at radius 1 is 1.25 bits per heavy atom. The van der Waals surface area contributed by atoms with E-state index in [2.05, 4.69) is 4.98 Å². The van der Waals surface area contributed by atoms with Crippen LogP contribution in [0, 0.1) is 24.2 Å². The number of fused-ring (bicyclic) bond motifs is 1. The lowest BCUT2D eigenvalue weighted by Crippen LogP contribution is -2.46. The third-order valence-corrected chi connectivity index (χ3v) is 8.76. The highest BCUT2D eigenvalue weighted by molar-refractivity contribution is 7.09. The molecule has 36 heavy (non-hydrogen) atoms. The van der Waals surface area contributed by atoms with Gasteiger partial charge in [0.25, 0.3) is 0 Å². The number of aliphatic hydroxyl groups is 3. The highest BCUT2D eigenvalue weighted by Crippen LogP contribution is 2.46. The van der Waals surface area contributed by atoms with Crippen LogP contribution in [0.25, 0.3) is 6.08 Å². The van der Waals surface area contributed by atoms with Crippen LogP contribution in [-0.4, -0.2) is 68.2 Å². The molecule has 0 spiro atoms. The van der Waals surface area contributed by atoms with Gasteiger partial charge in [-0.1, -0.05) is 34.1 Å². The first-order chi connectivity index (χ1) is 16.7. The minimum absolute atomic E-state index is 0.131. The van der Waals surface area contributed by atoms with Gasteiger partial charge in [-0.15, -0.1) is 11.3 Å². The molecule has 9 heteroatoms. The zero-order valence-corrected chi connectivity index (χ0v) is 23.2. The molecule has 2 saturated heterocycles. The average molecular weight is 524 g/mol. The highest BCUT2D eigenvalue weighted by Gasteiger charge is 2.59. The van der Waals surface area contributed by atoms with Gasteiger partial charge in [0.15, 0.2) is 6.10 Å².